The van der Waals surface area contributed by atoms with Gasteiger partial charge in [0.15, 0.2) is 0 Å². The van der Waals surface area contributed by atoms with Gasteiger partial charge in [0.1, 0.15) is 0 Å². The van der Waals surface area contributed by atoms with Crippen LogP contribution < -0.4 is 5.32 Å². The van der Waals surface area contributed by atoms with E-state index in [-0.39, 0.29) is 0 Å². The Morgan fingerprint density at radius 2 is 2.16 bits per heavy atom. The summed E-state index contributed by atoms with van der Waals surface area (Å²) in [5.74, 6) is -0.855. The van der Waals surface area contributed by atoms with Crippen LogP contribution >= 0.6 is 23.5 Å². The van der Waals surface area contributed by atoms with Crippen LogP contribution in [0.3, 0.4) is 0 Å². The van der Waals surface area contributed by atoms with Gasteiger partial charge in [-0.15, -0.1) is 11.8 Å². The number of carbonyl (C=O) groups is 1. The lowest BCUT2D eigenvalue weighted by Gasteiger charge is -2.22. The second-order valence-corrected chi connectivity index (χ2v) is 6.57. The molecule has 1 saturated carbocycles. The second-order valence-electron chi connectivity index (χ2n) is 4.64. The monoisotopic (exact) mass is 297 g/mol. The summed E-state index contributed by atoms with van der Waals surface area (Å²) in [6, 6.07) is 6.04. The first-order chi connectivity index (χ1) is 9.17. The molecule has 0 bridgehead atoms. The fourth-order valence-corrected chi connectivity index (χ4v) is 4.17. The molecule has 1 aromatic carbocycles. The topological polar surface area (TPSA) is 49.3 Å². The summed E-state index contributed by atoms with van der Waals surface area (Å²) in [6.45, 7) is 0. The number of anilines is 1. The predicted octanol–water partition coefficient (Wildman–Crippen LogP) is 3.80. The highest BCUT2D eigenvalue weighted by Crippen LogP contribution is 2.33. The third-order valence-corrected chi connectivity index (χ3v) is 5.51. The summed E-state index contributed by atoms with van der Waals surface area (Å²) < 4.78 is 0. The Hall–Kier alpha value is -0.810. The quantitative estimate of drug-likeness (QED) is 0.810. The standard InChI is InChI=1S/C14H19NO2S2/c1-18-11-7-3-5-9(11)15-10-6-4-8-12(19-2)13(10)14(16)17/h4,6,8-9,11,15H,3,5,7H2,1-2H3,(H,16,17). The van der Waals surface area contributed by atoms with Gasteiger partial charge in [0.25, 0.3) is 0 Å². The van der Waals surface area contributed by atoms with E-state index in [4.69, 9.17) is 0 Å². The number of nitrogens with one attached hydrogen (secondary N) is 1. The van der Waals surface area contributed by atoms with Gasteiger partial charge in [0, 0.05) is 16.2 Å². The molecule has 0 aromatic heterocycles. The van der Waals surface area contributed by atoms with Gasteiger partial charge in [0.2, 0.25) is 0 Å². The molecule has 0 radical (unpaired) electrons. The third-order valence-electron chi connectivity index (χ3n) is 3.56. The summed E-state index contributed by atoms with van der Waals surface area (Å²) in [6.07, 6.45) is 7.58. The zero-order valence-electron chi connectivity index (χ0n) is 11.2. The number of thioether (sulfide) groups is 2. The number of carboxylic acids is 1. The van der Waals surface area contributed by atoms with Crippen molar-refractivity contribution >= 4 is 35.2 Å². The summed E-state index contributed by atoms with van der Waals surface area (Å²) in [5, 5.41) is 13.5. The SMILES string of the molecule is CSc1cccc(NC2CCCC2SC)c1C(=O)O. The summed E-state index contributed by atoms with van der Waals surface area (Å²) in [5.41, 5.74) is 1.16. The Kier molecular flexibility index (Phi) is 5.05. The number of carboxylic acid groups (broad SMARTS) is 1. The van der Waals surface area contributed by atoms with Gasteiger partial charge in [0.05, 0.1) is 11.3 Å². The molecule has 1 aliphatic carbocycles. The fraction of sp³-hybridized carbons (Fsp3) is 0.500. The van der Waals surface area contributed by atoms with E-state index in [0.717, 1.165) is 17.0 Å². The van der Waals surface area contributed by atoms with Crippen molar-refractivity contribution in [3.63, 3.8) is 0 Å². The van der Waals surface area contributed by atoms with Gasteiger partial charge >= 0.3 is 5.97 Å². The first-order valence-electron chi connectivity index (χ1n) is 6.37. The molecule has 2 unspecified atom stereocenters. The maximum atomic E-state index is 11.5. The fourth-order valence-electron chi connectivity index (χ4n) is 2.62. The molecular weight excluding hydrogens is 278 g/mol. The first kappa shape index (κ1) is 14.6. The smallest absolute Gasteiger partial charge is 0.338 e. The van der Waals surface area contributed by atoms with E-state index >= 15 is 0 Å². The molecule has 2 atom stereocenters. The molecule has 0 heterocycles. The van der Waals surface area contributed by atoms with Crippen LogP contribution in [-0.4, -0.2) is 34.9 Å². The summed E-state index contributed by atoms with van der Waals surface area (Å²) in [4.78, 5) is 12.3. The van der Waals surface area contributed by atoms with Crippen LogP contribution in [0.4, 0.5) is 5.69 Å². The molecule has 3 nitrogen and oxygen atoms in total. The molecule has 104 valence electrons. The Morgan fingerprint density at radius 3 is 2.79 bits per heavy atom. The van der Waals surface area contributed by atoms with E-state index < -0.39 is 5.97 Å². The van der Waals surface area contributed by atoms with E-state index in [2.05, 4.69) is 11.6 Å². The highest BCUT2D eigenvalue weighted by Gasteiger charge is 2.27. The first-order valence-corrected chi connectivity index (χ1v) is 8.88. The van der Waals surface area contributed by atoms with Crippen LogP contribution in [0, 0.1) is 0 Å². The van der Waals surface area contributed by atoms with Crippen LogP contribution in [0.1, 0.15) is 29.6 Å². The van der Waals surface area contributed by atoms with Gasteiger partial charge < -0.3 is 10.4 Å². The lowest BCUT2D eigenvalue weighted by Crippen LogP contribution is -2.26. The maximum absolute atomic E-state index is 11.5. The number of hydrogen-bond acceptors (Lipinski definition) is 4. The molecule has 0 aliphatic heterocycles. The Labute approximate surface area is 122 Å². The minimum Gasteiger partial charge on any atom is -0.478 e. The largest absolute Gasteiger partial charge is 0.478 e. The molecule has 0 spiro atoms. The molecule has 0 amide bonds. The van der Waals surface area contributed by atoms with Gasteiger partial charge in [-0.05, 0) is 37.5 Å². The summed E-state index contributed by atoms with van der Waals surface area (Å²) in [7, 11) is 0. The number of benzene rings is 1. The normalized spacial score (nSPS) is 22.4. The van der Waals surface area contributed by atoms with Crippen LogP contribution in [0.15, 0.2) is 23.1 Å². The molecule has 1 aromatic rings. The Morgan fingerprint density at radius 1 is 1.37 bits per heavy atom. The van der Waals surface area contributed by atoms with Crippen molar-refractivity contribution < 1.29 is 9.90 Å². The van der Waals surface area contributed by atoms with E-state index in [1.54, 1.807) is 0 Å². The van der Waals surface area contributed by atoms with Crippen molar-refractivity contribution in [2.45, 2.75) is 35.4 Å². The number of hydrogen-bond donors (Lipinski definition) is 2. The minimum atomic E-state index is -0.855. The van der Waals surface area contributed by atoms with E-state index in [9.17, 15) is 9.90 Å². The van der Waals surface area contributed by atoms with Crippen molar-refractivity contribution in [2.75, 3.05) is 17.8 Å². The van der Waals surface area contributed by atoms with Crippen molar-refractivity contribution in [1.82, 2.24) is 0 Å². The average Bonchev–Trinajstić information content (AvgIpc) is 2.85. The van der Waals surface area contributed by atoms with Crippen LogP contribution in [0.5, 0.6) is 0 Å². The lowest BCUT2D eigenvalue weighted by molar-refractivity contribution is 0.0694. The highest BCUT2D eigenvalue weighted by molar-refractivity contribution is 7.99. The number of rotatable bonds is 5. The zero-order chi connectivity index (χ0) is 13.8. The summed E-state index contributed by atoms with van der Waals surface area (Å²) >= 11 is 3.35. The Balaban J connectivity index is 2.27. The highest BCUT2D eigenvalue weighted by atomic mass is 32.2. The van der Waals surface area contributed by atoms with Crippen molar-refractivity contribution in [3.05, 3.63) is 23.8 Å². The average molecular weight is 297 g/mol. The van der Waals surface area contributed by atoms with Crippen molar-refractivity contribution in [1.29, 1.82) is 0 Å². The molecule has 19 heavy (non-hydrogen) atoms. The molecule has 1 aliphatic rings. The molecular formula is C14H19NO2S2. The van der Waals surface area contributed by atoms with Crippen molar-refractivity contribution in [2.24, 2.45) is 0 Å². The number of aromatic carboxylic acids is 1. The molecule has 2 N–H and O–H groups in total. The third kappa shape index (κ3) is 3.20. The molecule has 1 fully saturated rings. The van der Waals surface area contributed by atoms with E-state index in [0.29, 0.717) is 16.9 Å². The molecule has 0 saturated heterocycles. The second kappa shape index (κ2) is 6.57. The van der Waals surface area contributed by atoms with Gasteiger partial charge in [-0.1, -0.05) is 12.5 Å². The van der Waals surface area contributed by atoms with Crippen LogP contribution in [0.2, 0.25) is 0 Å². The molecule has 2 rings (SSSR count). The van der Waals surface area contributed by atoms with Crippen molar-refractivity contribution in [3.8, 4) is 0 Å². The zero-order valence-corrected chi connectivity index (χ0v) is 12.8. The molecule has 5 heteroatoms. The van der Waals surface area contributed by atoms with E-state index in [1.165, 1.54) is 24.6 Å². The van der Waals surface area contributed by atoms with E-state index in [1.807, 2.05) is 36.2 Å². The maximum Gasteiger partial charge on any atom is 0.338 e. The Bertz CT molecular complexity index is 465. The lowest BCUT2D eigenvalue weighted by atomic mass is 10.1. The van der Waals surface area contributed by atoms with Crippen LogP contribution in [0.25, 0.3) is 0 Å². The predicted molar refractivity (Wildman–Crippen MR) is 83.7 cm³/mol. The van der Waals surface area contributed by atoms with Gasteiger partial charge in [-0.2, -0.15) is 11.8 Å². The van der Waals surface area contributed by atoms with Crippen LogP contribution in [-0.2, 0) is 0 Å². The van der Waals surface area contributed by atoms with Gasteiger partial charge in [-0.25, -0.2) is 4.79 Å². The minimum absolute atomic E-state index is 0.380. The van der Waals surface area contributed by atoms with Gasteiger partial charge in [-0.3, -0.25) is 0 Å².